The summed E-state index contributed by atoms with van der Waals surface area (Å²) >= 11 is 0. The highest BCUT2D eigenvalue weighted by Crippen LogP contribution is 2.21. The molecule has 2 aromatic rings. The highest BCUT2D eigenvalue weighted by Gasteiger charge is 2.16. The van der Waals surface area contributed by atoms with E-state index < -0.39 is 0 Å². The number of amides is 1. The number of nitrogens with one attached hydrogen (secondary N) is 2. The third-order valence-corrected chi connectivity index (χ3v) is 3.96. The van der Waals surface area contributed by atoms with Crippen LogP contribution in [0, 0.1) is 11.7 Å². The minimum atomic E-state index is -0.250. The number of rotatable bonds is 8. The molecule has 0 aliphatic heterocycles. The summed E-state index contributed by atoms with van der Waals surface area (Å²) in [5.41, 5.74) is 2.20. The third kappa shape index (κ3) is 5.78. The maximum Gasteiger partial charge on any atom is 0.233 e. The topological polar surface area (TPSA) is 41.1 Å². The monoisotopic (exact) mass is 328 g/mol. The van der Waals surface area contributed by atoms with Gasteiger partial charge in [0.25, 0.3) is 0 Å². The molecule has 24 heavy (non-hydrogen) atoms. The van der Waals surface area contributed by atoms with E-state index in [0.29, 0.717) is 12.5 Å². The van der Waals surface area contributed by atoms with Crippen molar-refractivity contribution in [3.8, 4) is 0 Å². The van der Waals surface area contributed by atoms with Gasteiger partial charge in [-0.1, -0.05) is 56.3 Å². The lowest BCUT2D eigenvalue weighted by Gasteiger charge is -2.22. The molecule has 0 saturated heterocycles. The SMILES string of the molecule is CC(C)[C@H](NCC(=O)NCCc1ccccc1)c1ccc(F)cc1. The van der Waals surface area contributed by atoms with Gasteiger partial charge in [0.2, 0.25) is 5.91 Å². The van der Waals surface area contributed by atoms with E-state index in [1.807, 2.05) is 30.3 Å². The molecule has 1 atom stereocenters. The smallest absolute Gasteiger partial charge is 0.233 e. The number of halogens is 1. The molecular weight excluding hydrogens is 303 g/mol. The van der Waals surface area contributed by atoms with Crippen molar-refractivity contribution in [2.75, 3.05) is 13.1 Å². The van der Waals surface area contributed by atoms with Crippen LogP contribution in [0.15, 0.2) is 54.6 Å². The summed E-state index contributed by atoms with van der Waals surface area (Å²) in [5, 5.41) is 6.19. The predicted molar refractivity (Wildman–Crippen MR) is 95.1 cm³/mol. The van der Waals surface area contributed by atoms with E-state index in [4.69, 9.17) is 0 Å². The zero-order chi connectivity index (χ0) is 17.4. The first-order valence-corrected chi connectivity index (χ1v) is 8.35. The summed E-state index contributed by atoms with van der Waals surface area (Å²) in [4.78, 5) is 12.0. The zero-order valence-corrected chi connectivity index (χ0v) is 14.3. The molecule has 0 aromatic heterocycles. The largest absolute Gasteiger partial charge is 0.355 e. The maximum atomic E-state index is 13.1. The molecule has 0 heterocycles. The van der Waals surface area contributed by atoms with Crippen LogP contribution < -0.4 is 10.6 Å². The fourth-order valence-electron chi connectivity index (χ4n) is 2.66. The van der Waals surface area contributed by atoms with E-state index >= 15 is 0 Å². The van der Waals surface area contributed by atoms with Gasteiger partial charge in [-0.25, -0.2) is 4.39 Å². The first-order valence-electron chi connectivity index (χ1n) is 8.35. The summed E-state index contributed by atoms with van der Waals surface area (Å²) in [7, 11) is 0. The Kier molecular flexibility index (Phi) is 6.94. The van der Waals surface area contributed by atoms with Gasteiger partial charge in [0, 0.05) is 12.6 Å². The average Bonchev–Trinajstić information content (AvgIpc) is 2.57. The van der Waals surface area contributed by atoms with Crippen LogP contribution in [0.1, 0.15) is 31.0 Å². The van der Waals surface area contributed by atoms with Gasteiger partial charge in [-0.3, -0.25) is 4.79 Å². The molecule has 2 rings (SSSR count). The summed E-state index contributed by atoms with van der Waals surface area (Å²) in [6.45, 7) is 5.02. The van der Waals surface area contributed by atoms with Crippen molar-refractivity contribution in [2.45, 2.75) is 26.3 Å². The second-order valence-corrected chi connectivity index (χ2v) is 6.24. The Balaban J connectivity index is 1.79. The minimum Gasteiger partial charge on any atom is -0.355 e. The number of hydrogen-bond donors (Lipinski definition) is 2. The van der Waals surface area contributed by atoms with Crippen LogP contribution in [-0.4, -0.2) is 19.0 Å². The van der Waals surface area contributed by atoms with Crippen LogP contribution in [0.5, 0.6) is 0 Å². The van der Waals surface area contributed by atoms with Gasteiger partial charge in [0.05, 0.1) is 6.54 Å². The Morgan fingerprint density at radius 1 is 1.04 bits per heavy atom. The highest BCUT2D eigenvalue weighted by molar-refractivity contribution is 5.78. The van der Waals surface area contributed by atoms with E-state index in [1.54, 1.807) is 12.1 Å². The normalized spacial score (nSPS) is 12.2. The van der Waals surface area contributed by atoms with Crippen LogP contribution in [0.4, 0.5) is 4.39 Å². The molecule has 3 nitrogen and oxygen atoms in total. The van der Waals surface area contributed by atoms with Gasteiger partial charge in [-0.05, 0) is 35.6 Å². The minimum absolute atomic E-state index is 0.0190. The number of carbonyl (C=O) groups excluding carboxylic acids is 1. The summed E-state index contributed by atoms with van der Waals surface area (Å²) in [5.74, 6) is 0.0196. The lowest BCUT2D eigenvalue weighted by Crippen LogP contribution is -2.38. The Morgan fingerprint density at radius 2 is 1.71 bits per heavy atom. The van der Waals surface area contributed by atoms with Crippen LogP contribution in [-0.2, 0) is 11.2 Å². The standard InChI is InChI=1S/C20H25FN2O/c1-15(2)20(17-8-10-18(21)11-9-17)23-14-19(24)22-13-12-16-6-4-3-5-7-16/h3-11,15,20,23H,12-14H2,1-2H3,(H,22,24)/t20-/m0/s1. The number of hydrogen-bond acceptors (Lipinski definition) is 2. The fourth-order valence-corrected chi connectivity index (χ4v) is 2.66. The number of carbonyl (C=O) groups is 1. The molecule has 4 heteroatoms. The second-order valence-electron chi connectivity index (χ2n) is 6.24. The van der Waals surface area contributed by atoms with Gasteiger partial charge in [-0.15, -0.1) is 0 Å². The predicted octanol–water partition coefficient (Wildman–Crippen LogP) is 3.47. The van der Waals surface area contributed by atoms with Crippen LogP contribution in [0.2, 0.25) is 0 Å². The average molecular weight is 328 g/mol. The van der Waals surface area contributed by atoms with Gasteiger partial charge in [0.1, 0.15) is 5.82 Å². The van der Waals surface area contributed by atoms with Gasteiger partial charge < -0.3 is 10.6 Å². The van der Waals surface area contributed by atoms with Crippen molar-refractivity contribution < 1.29 is 9.18 Å². The highest BCUT2D eigenvalue weighted by atomic mass is 19.1. The molecule has 0 aliphatic rings. The van der Waals surface area contributed by atoms with E-state index in [1.165, 1.54) is 17.7 Å². The first-order chi connectivity index (χ1) is 11.6. The molecular formula is C20H25FN2O. The third-order valence-electron chi connectivity index (χ3n) is 3.96. The van der Waals surface area contributed by atoms with Crippen molar-refractivity contribution in [1.29, 1.82) is 0 Å². The Hall–Kier alpha value is -2.20. The molecule has 2 N–H and O–H groups in total. The molecule has 0 bridgehead atoms. The summed E-state index contributed by atoms with van der Waals surface area (Å²) < 4.78 is 13.1. The van der Waals surface area contributed by atoms with E-state index in [9.17, 15) is 9.18 Å². The van der Waals surface area contributed by atoms with Gasteiger partial charge >= 0.3 is 0 Å². The quantitative estimate of drug-likeness (QED) is 0.779. The second kappa shape index (κ2) is 9.18. The molecule has 0 fully saturated rings. The van der Waals surface area contributed by atoms with Crippen molar-refractivity contribution in [3.63, 3.8) is 0 Å². The molecule has 0 unspecified atom stereocenters. The molecule has 2 aromatic carbocycles. The van der Waals surface area contributed by atoms with E-state index in [0.717, 1.165) is 12.0 Å². The van der Waals surface area contributed by atoms with Crippen molar-refractivity contribution in [3.05, 3.63) is 71.5 Å². The summed E-state index contributed by atoms with van der Waals surface area (Å²) in [6.07, 6.45) is 0.818. The lowest BCUT2D eigenvalue weighted by atomic mass is 9.96. The van der Waals surface area contributed by atoms with Crippen molar-refractivity contribution in [1.82, 2.24) is 10.6 Å². The van der Waals surface area contributed by atoms with Crippen LogP contribution in [0.3, 0.4) is 0 Å². The van der Waals surface area contributed by atoms with Crippen LogP contribution >= 0.6 is 0 Å². The molecule has 0 spiro atoms. The van der Waals surface area contributed by atoms with Crippen molar-refractivity contribution in [2.24, 2.45) is 5.92 Å². The van der Waals surface area contributed by atoms with Crippen molar-refractivity contribution >= 4 is 5.91 Å². The molecule has 0 saturated carbocycles. The van der Waals surface area contributed by atoms with Gasteiger partial charge in [-0.2, -0.15) is 0 Å². The Bertz CT molecular complexity index is 626. The molecule has 0 aliphatic carbocycles. The number of benzene rings is 2. The maximum absolute atomic E-state index is 13.1. The Labute approximate surface area is 143 Å². The molecule has 128 valence electrons. The van der Waals surface area contributed by atoms with Crippen LogP contribution in [0.25, 0.3) is 0 Å². The Morgan fingerprint density at radius 3 is 2.33 bits per heavy atom. The summed E-state index contributed by atoms with van der Waals surface area (Å²) in [6, 6.07) is 16.5. The zero-order valence-electron chi connectivity index (χ0n) is 14.3. The molecule has 1 amide bonds. The lowest BCUT2D eigenvalue weighted by molar-refractivity contribution is -0.120. The first kappa shape index (κ1) is 18.1. The fraction of sp³-hybridized carbons (Fsp3) is 0.350. The molecule has 0 radical (unpaired) electrons. The van der Waals surface area contributed by atoms with E-state index in [2.05, 4.69) is 24.5 Å². The van der Waals surface area contributed by atoms with E-state index in [-0.39, 0.29) is 24.3 Å². The van der Waals surface area contributed by atoms with Gasteiger partial charge in [0.15, 0.2) is 0 Å².